The number of aliphatic carboxylic acids is 1. The molecule has 0 aliphatic rings. The summed E-state index contributed by atoms with van der Waals surface area (Å²) in [5, 5.41) is 12.0. The van der Waals surface area contributed by atoms with Gasteiger partial charge >= 0.3 is 5.97 Å². The first-order valence-electron chi connectivity index (χ1n) is 11.4. The quantitative estimate of drug-likeness (QED) is 0.285. The first-order chi connectivity index (χ1) is 16.5. The molecule has 0 saturated heterocycles. The van der Waals surface area contributed by atoms with Gasteiger partial charge in [-0.2, -0.15) is 4.98 Å². The van der Waals surface area contributed by atoms with Crippen molar-refractivity contribution >= 4 is 28.8 Å². The number of carbonyl (C=O) groups is 1. The number of unbranched alkanes of at least 4 members (excludes halogenated alkanes) is 2. The van der Waals surface area contributed by atoms with E-state index in [0.717, 1.165) is 59.5 Å². The van der Waals surface area contributed by atoms with Gasteiger partial charge in [-0.05, 0) is 24.1 Å². The highest BCUT2D eigenvalue weighted by molar-refractivity contribution is 5.87. The predicted octanol–water partition coefficient (Wildman–Crippen LogP) is 3.29. The fourth-order valence-electron chi connectivity index (χ4n) is 3.62. The number of anilines is 2. The molecule has 0 atom stereocenters. The highest BCUT2D eigenvalue weighted by atomic mass is 16.5. The fourth-order valence-corrected chi connectivity index (χ4v) is 3.62. The molecule has 0 aliphatic carbocycles. The Balaban J connectivity index is 1.69. The van der Waals surface area contributed by atoms with E-state index < -0.39 is 5.97 Å². The van der Waals surface area contributed by atoms with Gasteiger partial charge < -0.3 is 34.9 Å². The van der Waals surface area contributed by atoms with Gasteiger partial charge in [-0.25, -0.2) is 9.78 Å². The summed E-state index contributed by atoms with van der Waals surface area (Å²) in [6.45, 7) is 4.16. The van der Waals surface area contributed by atoms with Crippen LogP contribution in [0, 0.1) is 0 Å². The van der Waals surface area contributed by atoms with Crippen molar-refractivity contribution in [1.29, 1.82) is 0 Å². The summed E-state index contributed by atoms with van der Waals surface area (Å²) < 4.78 is 18.3. The molecule has 0 radical (unpaired) electrons. The van der Waals surface area contributed by atoms with Crippen LogP contribution in [0.3, 0.4) is 0 Å². The molecule has 3 rings (SSSR count). The Morgan fingerprint density at radius 1 is 1.18 bits per heavy atom. The van der Waals surface area contributed by atoms with Crippen molar-refractivity contribution in [3.63, 3.8) is 0 Å². The number of fused-ring (bicyclic) bond motifs is 1. The van der Waals surface area contributed by atoms with Crippen molar-refractivity contribution in [2.24, 2.45) is 0 Å². The monoisotopic (exact) mass is 471 g/mol. The largest absolute Gasteiger partial charge is 0.496 e. The van der Waals surface area contributed by atoms with E-state index in [1.165, 1.54) is 0 Å². The van der Waals surface area contributed by atoms with Crippen LogP contribution in [-0.4, -0.2) is 59.1 Å². The Kier molecular flexibility index (Phi) is 9.48. The highest BCUT2D eigenvalue weighted by Crippen LogP contribution is 2.27. The maximum atomic E-state index is 10.4. The molecule has 3 aromatic rings. The zero-order valence-electron chi connectivity index (χ0n) is 19.7. The molecular formula is C24H33N5O5. The van der Waals surface area contributed by atoms with Crippen LogP contribution in [0.15, 0.2) is 30.5 Å². The van der Waals surface area contributed by atoms with Crippen LogP contribution in [0.5, 0.6) is 5.75 Å². The van der Waals surface area contributed by atoms with Gasteiger partial charge in [0.05, 0.1) is 39.0 Å². The Morgan fingerprint density at radius 3 is 2.76 bits per heavy atom. The lowest BCUT2D eigenvalue weighted by atomic mass is 10.1. The molecule has 10 nitrogen and oxygen atoms in total. The van der Waals surface area contributed by atoms with Gasteiger partial charge in [0.2, 0.25) is 5.95 Å². The molecule has 34 heavy (non-hydrogen) atoms. The molecule has 0 fully saturated rings. The predicted molar refractivity (Wildman–Crippen MR) is 130 cm³/mol. The van der Waals surface area contributed by atoms with E-state index in [0.29, 0.717) is 19.8 Å². The van der Waals surface area contributed by atoms with Crippen LogP contribution in [0.25, 0.3) is 11.0 Å². The second-order valence-corrected chi connectivity index (χ2v) is 7.89. The number of nitrogens with two attached hydrogens (primary N) is 1. The number of nitrogens with zero attached hydrogens (tertiary/aromatic N) is 3. The average molecular weight is 472 g/mol. The summed E-state index contributed by atoms with van der Waals surface area (Å²) in [5.74, 6) is 0.736. The van der Waals surface area contributed by atoms with Gasteiger partial charge in [0.15, 0.2) is 5.82 Å². The molecule has 0 unspecified atom stereocenters. The smallest absolute Gasteiger partial charge is 0.329 e. The summed E-state index contributed by atoms with van der Waals surface area (Å²) in [5.41, 5.74) is 9.57. The van der Waals surface area contributed by atoms with Gasteiger partial charge in [0, 0.05) is 18.3 Å². The van der Waals surface area contributed by atoms with Gasteiger partial charge in [-0.15, -0.1) is 0 Å². The second kappa shape index (κ2) is 12.8. The molecule has 1 aromatic carbocycles. The summed E-state index contributed by atoms with van der Waals surface area (Å²) in [7, 11) is 1.64. The van der Waals surface area contributed by atoms with Crippen molar-refractivity contribution in [3.8, 4) is 5.75 Å². The Bertz CT molecular complexity index is 1090. The number of nitrogens with one attached hydrogen (secondary N) is 1. The fraction of sp³-hybridized carbons (Fsp3) is 0.458. The van der Waals surface area contributed by atoms with E-state index in [4.69, 9.17) is 25.1 Å². The van der Waals surface area contributed by atoms with Crippen molar-refractivity contribution in [1.82, 2.24) is 14.5 Å². The number of aromatic nitrogens is 3. The van der Waals surface area contributed by atoms with Gasteiger partial charge in [-0.1, -0.05) is 31.9 Å². The van der Waals surface area contributed by atoms with E-state index in [2.05, 4.69) is 26.8 Å². The molecule has 2 aromatic heterocycles. The minimum atomic E-state index is -0.995. The first-order valence-corrected chi connectivity index (χ1v) is 11.4. The van der Waals surface area contributed by atoms with E-state index in [1.54, 1.807) is 7.11 Å². The normalized spacial score (nSPS) is 11.1. The molecule has 0 aliphatic heterocycles. The van der Waals surface area contributed by atoms with Gasteiger partial charge in [0.25, 0.3) is 0 Å². The number of benzene rings is 1. The molecule has 2 heterocycles. The molecule has 0 amide bonds. The summed E-state index contributed by atoms with van der Waals surface area (Å²) in [6.07, 6.45) is 5.34. The number of carboxylic acid groups (broad SMARTS) is 1. The minimum Gasteiger partial charge on any atom is -0.496 e. The lowest BCUT2D eigenvalue weighted by molar-refractivity contribution is -0.142. The summed E-state index contributed by atoms with van der Waals surface area (Å²) in [6, 6.07) is 7.88. The van der Waals surface area contributed by atoms with E-state index >= 15 is 0 Å². The van der Waals surface area contributed by atoms with Crippen LogP contribution in [0.1, 0.15) is 37.3 Å². The van der Waals surface area contributed by atoms with Crippen LogP contribution >= 0.6 is 0 Å². The van der Waals surface area contributed by atoms with E-state index in [9.17, 15) is 4.79 Å². The zero-order chi connectivity index (χ0) is 24.3. The number of hydrogen-bond donors (Lipinski definition) is 3. The third kappa shape index (κ3) is 7.06. The number of carboxylic acids is 1. The van der Waals surface area contributed by atoms with Crippen molar-refractivity contribution < 1.29 is 24.1 Å². The first kappa shape index (κ1) is 25.3. The SMILES string of the molecule is CCCCCNc1nc(N)nc2ccn(Cc3ccc(COCCOCC(=O)O)cc3OC)c12. The average Bonchev–Trinajstić information content (AvgIpc) is 3.21. The summed E-state index contributed by atoms with van der Waals surface area (Å²) >= 11 is 0. The van der Waals surface area contributed by atoms with Crippen molar-refractivity contribution in [2.45, 2.75) is 39.3 Å². The molecule has 0 bridgehead atoms. The van der Waals surface area contributed by atoms with Gasteiger partial charge in [0.1, 0.15) is 17.9 Å². The molecule has 184 valence electrons. The van der Waals surface area contributed by atoms with Crippen LogP contribution in [0.4, 0.5) is 11.8 Å². The van der Waals surface area contributed by atoms with E-state index in [-0.39, 0.29) is 19.2 Å². The Morgan fingerprint density at radius 2 is 2.00 bits per heavy atom. The maximum absolute atomic E-state index is 10.4. The Hall–Kier alpha value is -3.37. The molecule has 0 saturated carbocycles. The lowest BCUT2D eigenvalue weighted by Crippen LogP contribution is -2.11. The lowest BCUT2D eigenvalue weighted by Gasteiger charge is -2.14. The zero-order valence-corrected chi connectivity index (χ0v) is 19.7. The third-order valence-corrected chi connectivity index (χ3v) is 5.26. The number of rotatable bonds is 15. The highest BCUT2D eigenvalue weighted by Gasteiger charge is 2.13. The number of ether oxygens (including phenoxy) is 3. The molecule has 10 heteroatoms. The third-order valence-electron chi connectivity index (χ3n) is 5.26. The Labute approximate surface area is 199 Å². The molecule has 4 N–H and O–H groups in total. The maximum Gasteiger partial charge on any atom is 0.329 e. The van der Waals surface area contributed by atoms with E-state index in [1.807, 2.05) is 30.5 Å². The van der Waals surface area contributed by atoms with Gasteiger partial charge in [-0.3, -0.25) is 0 Å². The minimum absolute atomic E-state index is 0.226. The molecular weight excluding hydrogens is 438 g/mol. The standard InChI is InChI=1S/C24H33N5O5/c1-3-4-5-9-26-23-22-19(27-24(25)28-23)8-10-29(22)14-18-7-6-17(13-20(18)32-2)15-33-11-12-34-16-21(30)31/h6-8,10,13H,3-5,9,11-12,14-16H2,1-2H3,(H,30,31)(H3,25,26,27,28). The van der Waals surface area contributed by atoms with Crippen LogP contribution in [-0.2, 0) is 27.4 Å². The summed E-state index contributed by atoms with van der Waals surface area (Å²) in [4.78, 5) is 19.3. The number of nitrogen functional groups attached to an aromatic ring is 1. The second-order valence-electron chi connectivity index (χ2n) is 7.89. The number of methoxy groups -OCH3 is 1. The topological polar surface area (TPSA) is 134 Å². The van der Waals surface area contributed by atoms with Crippen LogP contribution in [0.2, 0.25) is 0 Å². The van der Waals surface area contributed by atoms with Crippen LogP contribution < -0.4 is 15.8 Å². The molecule has 0 spiro atoms. The van der Waals surface area contributed by atoms with Crippen molar-refractivity contribution in [3.05, 3.63) is 41.6 Å². The van der Waals surface area contributed by atoms with Crippen molar-refractivity contribution in [2.75, 3.05) is 44.5 Å². The number of hydrogen-bond acceptors (Lipinski definition) is 8.